The smallest absolute Gasteiger partial charge is 0.338 e. The van der Waals surface area contributed by atoms with Gasteiger partial charge in [0.2, 0.25) is 0 Å². The van der Waals surface area contributed by atoms with Crippen molar-refractivity contribution in [2.45, 2.75) is 19.9 Å². The van der Waals surface area contributed by atoms with Gasteiger partial charge in [-0.05, 0) is 32.1 Å². The number of methoxy groups -OCH3 is 3. The van der Waals surface area contributed by atoms with Crippen LogP contribution in [0.4, 0.5) is 0 Å². The van der Waals surface area contributed by atoms with Crippen LogP contribution in [-0.4, -0.2) is 39.0 Å². The lowest BCUT2D eigenvalue weighted by atomic mass is 9.94. The molecular formula is C17H22N2O5S. The molecule has 0 fully saturated rings. The van der Waals surface area contributed by atoms with E-state index in [9.17, 15) is 4.79 Å². The van der Waals surface area contributed by atoms with Crippen molar-refractivity contribution in [2.24, 2.45) is 0 Å². The first-order chi connectivity index (χ1) is 12.0. The van der Waals surface area contributed by atoms with Gasteiger partial charge in [0.15, 0.2) is 16.6 Å². The minimum absolute atomic E-state index is 0.274. The summed E-state index contributed by atoms with van der Waals surface area (Å²) in [5, 5.41) is 6.47. The fourth-order valence-electron chi connectivity index (χ4n) is 2.68. The lowest BCUT2D eigenvalue weighted by molar-refractivity contribution is -0.139. The van der Waals surface area contributed by atoms with E-state index < -0.39 is 12.0 Å². The monoisotopic (exact) mass is 366 g/mol. The van der Waals surface area contributed by atoms with Crippen LogP contribution in [0.1, 0.15) is 25.5 Å². The Morgan fingerprint density at radius 3 is 2.28 bits per heavy atom. The molecule has 1 atom stereocenters. The van der Waals surface area contributed by atoms with Gasteiger partial charge >= 0.3 is 5.97 Å². The second-order valence-corrected chi connectivity index (χ2v) is 5.65. The summed E-state index contributed by atoms with van der Waals surface area (Å²) in [7, 11) is 4.63. The molecule has 1 aromatic carbocycles. The van der Waals surface area contributed by atoms with Gasteiger partial charge in [-0.3, -0.25) is 0 Å². The summed E-state index contributed by atoms with van der Waals surface area (Å²) in [6.45, 7) is 3.81. The third-order valence-corrected chi connectivity index (χ3v) is 4.03. The molecule has 0 aromatic heterocycles. The summed E-state index contributed by atoms with van der Waals surface area (Å²) in [6, 6.07) is 2.93. The molecule has 1 aromatic rings. The van der Waals surface area contributed by atoms with E-state index in [1.54, 1.807) is 47.3 Å². The molecule has 0 saturated carbocycles. The van der Waals surface area contributed by atoms with Gasteiger partial charge in [0, 0.05) is 17.3 Å². The first kappa shape index (κ1) is 18.9. The van der Waals surface area contributed by atoms with E-state index in [4.69, 9.17) is 31.2 Å². The summed E-state index contributed by atoms with van der Waals surface area (Å²) in [5.74, 6) is 1.15. The highest BCUT2D eigenvalue weighted by Crippen LogP contribution is 2.40. The Balaban J connectivity index is 2.62. The number of nitrogens with one attached hydrogen (secondary N) is 2. The van der Waals surface area contributed by atoms with Gasteiger partial charge in [0.05, 0.1) is 39.6 Å². The normalized spacial score (nSPS) is 16.7. The number of esters is 1. The summed E-state index contributed by atoms with van der Waals surface area (Å²) < 4.78 is 21.4. The van der Waals surface area contributed by atoms with Crippen LogP contribution in [0.3, 0.4) is 0 Å². The molecule has 2 N–H and O–H groups in total. The van der Waals surface area contributed by atoms with Crippen molar-refractivity contribution in [1.82, 2.24) is 10.6 Å². The number of rotatable bonds is 6. The number of allylic oxidation sites excluding steroid dienone is 1. The summed E-state index contributed by atoms with van der Waals surface area (Å²) in [6.07, 6.45) is 0. The molecule has 1 aliphatic rings. The van der Waals surface area contributed by atoms with Gasteiger partial charge in [-0.2, -0.15) is 0 Å². The average molecular weight is 366 g/mol. The average Bonchev–Trinajstić information content (AvgIpc) is 2.59. The Kier molecular flexibility index (Phi) is 6.08. The van der Waals surface area contributed by atoms with Crippen LogP contribution in [-0.2, 0) is 9.53 Å². The molecular weight excluding hydrogens is 344 g/mol. The lowest BCUT2D eigenvalue weighted by Gasteiger charge is -2.31. The lowest BCUT2D eigenvalue weighted by Crippen LogP contribution is -2.45. The first-order valence-corrected chi connectivity index (χ1v) is 8.12. The number of carbonyl (C=O) groups excluding carboxylic acids is 1. The van der Waals surface area contributed by atoms with Gasteiger partial charge in [-0.15, -0.1) is 0 Å². The fourth-order valence-corrected chi connectivity index (χ4v) is 2.96. The van der Waals surface area contributed by atoms with Crippen LogP contribution in [0.5, 0.6) is 17.2 Å². The Labute approximate surface area is 152 Å². The fraction of sp³-hybridized carbons (Fsp3) is 0.412. The molecule has 0 spiro atoms. The van der Waals surface area contributed by atoms with Crippen LogP contribution in [0.15, 0.2) is 23.4 Å². The molecule has 0 saturated heterocycles. The predicted octanol–water partition coefficient (Wildman–Crippen LogP) is 2.07. The highest BCUT2D eigenvalue weighted by atomic mass is 32.1. The van der Waals surface area contributed by atoms with Crippen molar-refractivity contribution in [3.8, 4) is 17.2 Å². The van der Waals surface area contributed by atoms with E-state index in [0.29, 0.717) is 39.2 Å². The van der Waals surface area contributed by atoms with Gasteiger partial charge in [-0.25, -0.2) is 4.79 Å². The van der Waals surface area contributed by atoms with E-state index in [-0.39, 0.29) is 6.61 Å². The van der Waals surface area contributed by atoms with E-state index in [0.717, 1.165) is 0 Å². The van der Waals surface area contributed by atoms with Gasteiger partial charge in [0.25, 0.3) is 0 Å². The molecule has 7 nitrogen and oxygen atoms in total. The summed E-state index contributed by atoms with van der Waals surface area (Å²) in [4.78, 5) is 12.5. The molecule has 0 radical (unpaired) electrons. The van der Waals surface area contributed by atoms with Crippen LogP contribution in [0.2, 0.25) is 0 Å². The molecule has 0 amide bonds. The SMILES string of the molecule is CCOC(=O)C1=C(C)NC(=S)N[C@@H]1c1cc(OC)c(OC)cc1OC. The van der Waals surface area contributed by atoms with Gasteiger partial charge in [0.1, 0.15) is 5.75 Å². The van der Waals surface area contributed by atoms with Gasteiger partial charge < -0.3 is 29.6 Å². The zero-order valence-electron chi connectivity index (χ0n) is 14.9. The molecule has 1 aliphatic heterocycles. The number of thiocarbonyl (C=S) groups is 1. The number of ether oxygens (including phenoxy) is 4. The molecule has 0 unspecified atom stereocenters. The third kappa shape index (κ3) is 3.79. The first-order valence-electron chi connectivity index (χ1n) is 7.72. The largest absolute Gasteiger partial charge is 0.496 e. The topological polar surface area (TPSA) is 78.1 Å². The highest BCUT2D eigenvalue weighted by Gasteiger charge is 2.33. The maximum absolute atomic E-state index is 12.5. The van der Waals surface area contributed by atoms with Crippen LogP contribution in [0, 0.1) is 0 Å². The molecule has 8 heteroatoms. The van der Waals surface area contributed by atoms with Crippen molar-refractivity contribution in [3.63, 3.8) is 0 Å². The van der Waals surface area contributed by atoms with Crippen LogP contribution in [0.25, 0.3) is 0 Å². The zero-order chi connectivity index (χ0) is 18.6. The van der Waals surface area contributed by atoms with Crippen molar-refractivity contribution in [1.29, 1.82) is 0 Å². The van der Waals surface area contributed by atoms with E-state index >= 15 is 0 Å². The van der Waals surface area contributed by atoms with Gasteiger partial charge in [-0.1, -0.05) is 0 Å². The maximum Gasteiger partial charge on any atom is 0.338 e. The number of hydrogen-bond acceptors (Lipinski definition) is 6. The predicted molar refractivity (Wildman–Crippen MR) is 97.0 cm³/mol. The van der Waals surface area contributed by atoms with E-state index in [1.807, 2.05) is 0 Å². The Morgan fingerprint density at radius 2 is 1.72 bits per heavy atom. The maximum atomic E-state index is 12.5. The quantitative estimate of drug-likeness (QED) is 0.585. The molecule has 2 rings (SSSR count). The van der Waals surface area contributed by atoms with Crippen LogP contribution < -0.4 is 24.8 Å². The second kappa shape index (κ2) is 8.06. The number of benzene rings is 1. The third-order valence-electron chi connectivity index (χ3n) is 3.81. The van der Waals surface area contributed by atoms with Crippen molar-refractivity contribution >= 4 is 23.3 Å². The molecule has 1 heterocycles. The van der Waals surface area contributed by atoms with Crippen molar-refractivity contribution in [2.75, 3.05) is 27.9 Å². The standard InChI is InChI=1S/C17H22N2O5S/c1-6-24-16(20)14-9(2)18-17(25)19-15(14)10-7-12(22-4)13(23-5)8-11(10)21-3/h7-8,15H,6H2,1-5H3,(H2,18,19,25)/t15-/m1/s1. The second-order valence-electron chi connectivity index (χ2n) is 5.24. The van der Waals surface area contributed by atoms with E-state index in [2.05, 4.69) is 10.6 Å². The minimum Gasteiger partial charge on any atom is -0.496 e. The summed E-state index contributed by atoms with van der Waals surface area (Å²) in [5.41, 5.74) is 1.75. The Hall–Kier alpha value is -2.48. The van der Waals surface area contributed by atoms with Crippen LogP contribution >= 0.6 is 12.2 Å². The number of hydrogen-bond donors (Lipinski definition) is 2. The van der Waals surface area contributed by atoms with Crippen molar-refractivity contribution in [3.05, 3.63) is 29.0 Å². The summed E-state index contributed by atoms with van der Waals surface area (Å²) >= 11 is 5.25. The molecule has 25 heavy (non-hydrogen) atoms. The highest BCUT2D eigenvalue weighted by molar-refractivity contribution is 7.80. The Bertz CT molecular complexity index is 717. The van der Waals surface area contributed by atoms with Crippen molar-refractivity contribution < 1.29 is 23.7 Å². The van der Waals surface area contributed by atoms with E-state index in [1.165, 1.54) is 0 Å². The number of carbonyl (C=O) groups is 1. The molecule has 136 valence electrons. The zero-order valence-corrected chi connectivity index (χ0v) is 15.7. The molecule has 0 bridgehead atoms. The minimum atomic E-state index is -0.539. The molecule has 0 aliphatic carbocycles. The Morgan fingerprint density at radius 1 is 1.12 bits per heavy atom.